The van der Waals surface area contributed by atoms with Crippen LogP contribution in [0, 0.1) is 0 Å². The number of esters is 1. The molecule has 0 amide bonds. The van der Waals surface area contributed by atoms with Crippen LogP contribution in [-0.2, 0) is 9.30 Å². The molecule has 1 atom stereocenters. The van der Waals surface area contributed by atoms with Crippen molar-refractivity contribution >= 4 is 19.6 Å². The fourth-order valence-corrected chi connectivity index (χ4v) is 3.37. The van der Waals surface area contributed by atoms with Crippen molar-refractivity contribution in [2.75, 3.05) is 7.11 Å². The minimum Gasteiger partial charge on any atom is -0.465 e. The summed E-state index contributed by atoms with van der Waals surface area (Å²) >= 11 is 0. The van der Waals surface area contributed by atoms with Crippen LogP contribution in [0.5, 0.6) is 11.5 Å². The van der Waals surface area contributed by atoms with E-state index in [1.54, 1.807) is 30.3 Å². The molecule has 0 bridgehead atoms. The van der Waals surface area contributed by atoms with Crippen molar-refractivity contribution in [2.24, 2.45) is 0 Å². The molecular weight excluding hydrogens is 395 g/mol. The van der Waals surface area contributed by atoms with Crippen molar-refractivity contribution in [3.8, 4) is 11.5 Å². The van der Waals surface area contributed by atoms with Crippen molar-refractivity contribution in [2.45, 2.75) is 0 Å². The summed E-state index contributed by atoms with van der Waals surface area (Å²) in [6, 6.07) is 20.0. The lowest BCUT2D eigenvalue weighted by molar-refractivity contribution is 0.0597. The van der Waals surface area contributed by atoms with Crippen LogP contribution in [0.2, 0.25) is 0 Å². The number of hydrogen-bond donors (Lipinski definition) is 1. The maximum Gasteiger partial charge on any atom is 0.584 e. The standard InChI is InChI=1S/C21H17O7P/c1-26-21(23)19-10-6-5-9-18(19)20(22)15-11-13-17(14-12-15)28-29(24,25)27-16-7-3-2-4-8-16/h2-14H,1H3,(H,24,25). The summed E-state index contributed by atoms with van der Waals surface area (Å²) in [4.78, 5) is 34.5. The second-order valence-corrected chi connectivity index (χ2v) is 7.16. The third-order valence-corrected chi connectivity index (χ3v) is 4.76. The van der Waals surface area contributed by atoms with Crippen LogP contribution in [0.1, 0.15) is 26.3 Å². The second kappa shape index (κ2) is 8.73. The number of phosphoric acid groups is 1. The molecule has 148 valence electrons. The molecule has 0 saturated heterocycles. The molecule has 0 saturated carbocycles. The smallest absolute Gasteiger partial charge is 0.465 e. The van der Waals surface area contributed by atoms with Gasteiger partial charge in [0.2, 0.25) is 0 Å². The van der Waals surface area contributed by atoms with E-state index in [1.807, 2.05) is 0 Å². The first-order valence-corrected chi connectivity index (χ1v) is 9.98. The number of phosphoric ester groups is 1. The minimum atomic E-state index is -4.40. The largest absolute Gasteiger partial charge is 0.584 e. The first-order valence-electron chi connectivity index (χ1n) is 8.49. The number of benzene rings is 3. The summed E-state index contributed by atoms with van der Waals surface area (Å²) in [6.07, 6.45) is 0. The predicted molar refractivity (Wildman–Crippen MR) is 105 cm³/mol. The zero-order valence-corrected chi connectivity index (χ0v) is 16.2. The molecule has 0 spiro atoms. The van der Waals surface area contributed by atoms with Gasteiger partial charge in [-0.05, 0) is 42.5 Å². The molecule has 1 unspecified atom stereocenters. The van der Waals surface area contributed by atoms with Crippen molar-refractivity contribution in [1.29, 1.82) is 0 Å². The average Bonchev–Trinajstić information content (AvgIpc) is 2.73. The van der Waals surface area contributed by atoms with E-state index in [2.05, 4.69) is 0 Å². The monoisotopic (exact) mass is 412 g/mol. The Balaban J connectivity index is 1.76. The van der Waals surface area contributed by atoms with Gasteiger partial charge in [0.25, 0.3) is 0 Å². The first kappa shape index (κ1) is 20.3. The molecule has 0 radical (unpaired) electrons. The number of carbonyl (C=O) groups is 2. The number of para-hydroxylation sites is 1. The lowest BCUT2D eigenvalue weighted by Gasteiger charge is -2.14. The van der Waals surface area contributed by atoms with Gasteiger partial charge < -0.3 is 13.8 Å². The summed E-state index contributed by atoms with van der Waals surface area (Å²) in [6.45, 7) is 0. The number of ether oxygens (including phenoxy) is 1. The Morgan fingerprint density at radius 2 is 1.28 bits per heavy atom. The van der Waals surface area contributed by atoms with E-state index >= 15 is 0 Å². The molecule has 3 aromatic rings. The number of methoxy groups -OCH3 is 1. The Kier molecular flexibility index (Phi) is 6.12. The first-order chi connectivity index (χ1) is 13.9. The maximum absolute atomic E-state index is 12.7. The molecule has 7 nitrogen and oxygen atoms in total. The quantitative estimate of drug-likeness (QED) is 0.352. The highest BCUT2D eigenvalue weighted by Gasteiger charge is 2.25. The zero-order valence-electron chi connectivity index (χ0n) is 15.3. The maximum atomic E-state index is 12.7. The zero-order chi connectivity index (χ0) is 20.9. The van der Waals surface area contributed by atoms with Gasteiger partial charge in [0.05, 0.1) is 12.7 Å². The van der Waals surface area contributed by atoms with Gasteiger partial charge in [0.15, 0.2) is 5.78 Å². The van der Waals surface area contributed by atoms with Gasteiger partial charge in [-0.2, -0.15) is 0 Å². The highest BCUT2D eigenvalue weighted by atomic mass is 31.2. The normalized spacial score (nSPS) is 12.5. The van der Waals surface area contributed by atoms with E-state index in [9.17, 15) is 19.0 Å². The molecule has 0 fully saturated rings. The predicted octanol–water partition coefficient (Wildman–Crippen LogP) is 4.26. The molecule has 3 rings (SSSR count). The lowest BCUT2D eigenvalue weighted by Crippen LogP contribution is -2.11. The van der Waals surface area contributed by atoms with Gasteiger partial charge in [0, 0.05) is 11.1 Å². The van der Waals surface area contributed by atoms with Gasteiger partial charge in [-0.25, -0.2) is 9.36 Å². The SMILES string of the molecule is COC(=O)c1ccccc1C(=O)c1ccc(OP(=O)(O)Oc2ccccc2)cc1. The summed E-state index contributed by atoms with van der Waals surface area (Å²) in [5, 5.41) is 0. The molecule has 29 heavy (non-hydrogen) atoms. The Morgan fingerprint density at radius 1 is 0.759 bits per heavy atom. The molecule has 8 heteroatoms. The third kappa shape index (κ3) is 5.10. The van der Waals surface area contributed by atoms with E-state index in [4.69, 9.17) is 13.8 Å². The van der Waals surface area contributed by atoms with Crippen LogP contribution < -0.4 is 9.05 Å². The van der Waals surface area contributed by atoms with Crippen LogP contribution >= 0.6 is 7.82 Å². The van der Waals surface area contributed by atoms with Crippen LogP contribution in [-0.4, -0.2) is 23.8 Å². The lowest BCUT2D eigenvalue weighted by atomic mass is 9.98. The number of ketones is 1. The second-order valence-electron chi connectivity index (χ2n) is 5.85. The van der Waals surface area contributed by atoms with E-state index in [1.165, 1.54) is 55.6 Å². The Morgan fingerprint density at radius 3 is 1.86 bits per heavy atom. The molecular formula is C21H17O7P. The molecule has 0 aliphatic rings. The van der Waals surface area contributed by atoms with E-state index in [0.717, 1.165) is 0 Å². The number of carbonyl (C=O) groups excluding carboxylic acids is 2. The van der Waals surface area contributed by atoms with Crippen LogP contribution in [0.15, 0.2) is 78.9 Å². The molecule has 0 aromatic heterocycles. The molecule has 1 N–H and O–H groups in total. The van der Waals surface area contributed by atoms with Crippen molar-refractivity contribution in [3.63, 3.8) is 0 Å². The number of hydrogen-bond acceptors (Lipinski definition) is 6. The molecule has 0 aliphatic carbocycles. The van der Waals surface area contributed by atoms with Gasteiger partial charge >= 0.3 is 13.8 Å². The van der Waals surface area contributed by atoms with Crippen molar-refractivity contribution < 1.29 is 32.8 Å². The Labute approximate surface area is 167 Å². The molecule has 0 heterocycles. The van der Waals surface area contributed by atoms with E-state index in [-0.39, 0.29) is 28.2 Å². The highest BCUT2D eigenvalue weighted by molar-refractivity contribution is 7.48. The summed E-state index contributed by atoms with van der Waals surface area (Å²) in [5.74, 6) is -0.785. The van der Waals surface area contributed by atoms with E-state index in [0.29, 0.717) is 0 Å². The number of rotatable bonds is 7. The molecule has 0 aliphatic heterocycles. The van der Waals surface area contributed by atoms with Crippen molar-refractivity contribution in [1.82, 2.24) is 0 Å². The molecule has 3 aromatic carbocycles. The van der Waals surface area contributed by atoms with E-state index < -0.39 is 19.6 Å². The highest BCUT2D eigenvalue weighted by Crippen LogP contribution is 2.44. The van der Waals surface area contributed by atoms with Gasteiger partial charge in [-0.15, -0.1) is 0 Å². The Hall–Kier alpha value is -3.41. The minimum absolute atomic E-state index is 0.0459. The van der Waals surface area contributed by atoms with Crippen LogP contribution in [0.3, 0.4) is 0 Å². The topological polar surface area (TPSA) is 99.1 Å². The summed E-state index contributed by atoms with van der Waals surface area (Å²) in [7, 11) is -3.17. The van der Waals surface area contributed by atoms with Gasteiger partial charge in [-0.1, -0.05) is 36.4 Å². The van der Waals surface area contributed by atoms with Crippen LogP contribution in [0.4, 0.5) is 0 Å². The van der Waals surface area contributed by atoms with Crippen molar-refractivity contribution in [3.05, 3.63) is 95.6 Å². The Bertz CT molecular complexity index is 1060. The fourth-order valence-electron chi connectivity index (χ4n) is 2.56. The fraction of sp³-hybridized carbons (Fsp3) is 0.0476. The third-order valence-electron chi connectivity index (χ3n) is 3.88. The van der Waals surface area contributed by atoms with Crippen LogP contribution in [0.25, 0.3) is 0 Å². The summed E-state index contributed by atoms with van der Waals surface area (Å²) < 4.78 is 26.8. The average molecular weight is 412 g/mol. The van der Waals surface area contributed by atoms with Gasteiger partial charge in [-0.3, -0.25) is 9.69 Å². The summed E-state index contributed by atoms with van der Waals surface area (Å²) in [5.41, 5.74) is 0.607. The van der Waals surface area contributed by atoms with Gasteiger partial charge in [0.1, 0.15) is 11.5 Å².